The van der Waals surface area contributed by atoms with Crippen LogP contribution in [0.15, 0.2) is 23.5 Å². The molecule has 4 N–H and O–H groups in total. The summed E-state index contributed by atoms with van der Waals surface area (Å²) in [6.45, 7) is 13.1. The number of carbonyl (C=O) groups is 2. The Hall–Kier alpha value is -2.06. The number of hydrogen-bond acceptors (Lipinski definition) is 8. The lowest BCUT2D eigenvalue weighted by atomic mass is 9.95. The van der Waals surface area contributed by atoms with Crippen LogP contribution in [0.5, 0.6) is 0 Å². The van der Waals surface area contributed by atoms with Gasteiger partial charge in [-0.3, -0.25) is 9.59 Å². The molecule has 0 radical (unpaired) electrons. The summed E-state index contributed by atoms with van der Waals surface area (Å²) in [5, 5.41) is 13.2. The fourth-order valence-electron chi connectivity index (χ4n) is 10.1. The van der Waals surface area contributed by atoms with Crippen LogP contribution in [0, 0.1) is 0 Å². The molecule has 0 bridgehead atoms. The van der Waals surface area contributed by atoms with Gasteiger partial charge >= 0.3 is 11.9 Å². The first-order valence-corrected chi connectivity index (χ1v) is 31.0. The molecule has 1 rings (SSSR count). The number of nitrogens with two attached hydrogens (primary N) is 1. The normalized spacial score (nSPS) is 14.3. The highest BCUT2D eigenvalue weighted by Crippen LogP contribution is 2.22. The number of nitrogens with one attached hydrogen (secondary N) is 1. The zero-order valence-corrected chi connectivity index (χ0v) is 47.1. The smallest absolute Gasteiger partial charge is 0.306 e. The molecule has 0 heterocycles. The molecule has 1 atom stereocenters. The Kier molecular flexibility index (Phi) is 47.6. The third-order valence-corrected chi connectivity index (χ3v) is 14.9. The summed E-state index contributed by atoms with van der Waals surface area (Å²) in [6, 6.07) is 0. The van der Waals surface area contributed by atoms with E-state index in [1.54, 1.807) is 0 Å². The third-order valence-electron chi connectivity index (χ3n) is 14.9. The van der Waals surface area contributed by atoms with Crippen molar-refractivity contribution in [1.29, 1.82) is 0 Å². The molecule has 0 aromatic carbocycles. The van der Waals surface area contributed by atoms with Crippen LogP contribution in [0.1, 0.15) is 317 Å². The van der Waals surface area contributed by atoms with E-state index in [4.69, 9.17) is 15.2 Å². The first-order chi connectivity index (χ1) is 34.3. The van der Waals surface area contributed by atoms with Crippen molar-refractivity contribution < 1.29 is 24.2 Å². The second kappa shape index (κ2) is 50.5. The lowest BCUT2D eigenvalue weighted by molar-refractivity contribution is -0.151. The number of unbranched alkanes of at least 4 members (excludes halogenated alkanes) is 28. The van der Waals surface area contributed by atoms with Gasteiger partial charge in [-0.2, -0.15) is 0 Å². The molecule has 1 aliphatic rings. The highest BCUT2D eigenvalue weighted by Gasteiger charge is 2.17. The van der Waals surface area contributed by atoms with Crippen molar-refractivity contribution >= 4 is 11.9 Å². The topological polar surface area (TPSA) is 114 Å². The summed E-state index contributed by atoms with van der Waals surface area (Å²) in [7, 11) is 0. The molecule has 1 aliphatic carbocycles. The predicted molar refractivity (Wildman–Crippen MR) is 301 cm³/mol. The van der Waals surface area contributed by atoms with Gasteiger partial charge in [-0.1, -0.05) is 206 Å². The van der Waals surface area contributed by atoms with E-state index in [-0.39, 0.29) is 30.3 Å². The number of hydrogen-bond donors (Lipinski definition) is 3. The van der Waals surface area contributed by atoms with Crippen molar-refractivity contribution in [3.8, 4) is 0 Å². The monoisotopic (exact) mass is 986 g/mol. The molecule has 70 heavy (non-hydrogen) atoms. The van der Waals surface area contributed by atoms with Gasteiger partial charge in [-0.15, -0.1) is 0 Å². The molecule has 0 amide bonds. The number of nitrogens with zero attached hydrogens (tertiary/aromatic N) is 1. The average Bonchev–Trinajstić information content (AvgIpc) is 3.35. The quantitative estimate of drug-likeness (QED) is 0.0314. The van der Waals surface area contributed by atoms with Crippen LogP contribution in [0.4, 0.5) is 0 Å². The number of esters is 2. The number of aliphatic hydroxyl groups is 1. The van der Waals surface area contributed by atoms with Crippen molar-refractivity contribution in [2.45, 2.75) is 335 Å². The molecular weight excluding hydrogens is 867 g/mol. The van der Waals surface area contributed by atoms with Crippen molar-refractivity contribution in [3.63, 3.8) is 0 Å². The van der Waals surface area contributed by atoms with E-state index < -0.39 is 0 Å². The zero-order chi connectivity index (χ0) is 50.8. The summed E-state index contributed by atoms with van der Waals surface area (Å²) in [5.41, 5.74) is 8.86. The first-order valence-electron chi connectivity index (χ1n) is 31.0. The zero-order valence-electron chi connectivity index (χ0n) is 47.1. The van der Waals surface area contributed by atoms with Crippen LogP contribution in [-0.4, -0.2) is 66.4 Å². The molecule has 0 aliphatic heterocycles. The Bertz CT molecular complexity index is 1130. The van der Waals surface area contributed by atoms with Gasteiger partial charge in [0.05, 0.1) is 6.10 Å². The molecule has 8 heteroatoms. The van der Waals surface area contributed by atoms with Crippen LogP contribution >= 0.6 is 0 Å². The molecule has 0 aromatic heterocycles. The molecule has 0 saturated carbocycles. The lowest BCUT2D eigenvalue weighted by Crippen LogP contribution is -2.28. The van der Waals surface area contributed by atoms with E-state index in [0.29, 0.717) is 12.8 Å². The lowest BCUT2D eigenvalue weighted by Gasteiger charge is -2.22. The molecule has 0 spiro atoms. The van der Waals surface area contributed by atoms with Crippen LogP contribution < -0.4 is 11.1 Å². The van der Waals surface area contributed by atoms with E-state index in [9.17, 15) is 14.7 Å². The van der Waals surface area contributed by atoms with Gasteiger partial charge in [0, 0.05) is 44.2 Å². The molecule has 1 unspecified atom stereocenters. The maximum absolute atomic E-state index is 13.0. The summed E-state index contributed by atoms with van der Waals surface area (Å²) in [4.78, 5) is 28.5. The standard InChI is InChI=1S/C62H119N3O5/c1-5-9-13-17-23-31-39-59(40-32-24-18-14-10-6-2)69-61(67)43-35-27-21-29-37-52-65(54-50-57(63)55-64-51-49-56-45-47-58(66)48-46-56)53-38-30-22-28-36-44-62(68)70-60(41-33-25-19-15-11-7-3)42-34-26-20-16-12-8-4/h45,55,58-60,64,66H,5-44,46-54,63H2,1-4H3/b57-55-. The number of rotatable bonds is 53. The predicted octanol–water partition coefficient (Wildman–Crippen LogP) is 17.4. The van der Waals surface area contributed by atoms with E-state index in [1.807, 2.05) is 6.20 Å². The third kappa shape index (κ3) is 43.5. The van der Waals surface area contributed by atoms with Gasteiger partial charge in [-0.25, -0.2) is 0 Å². The second-order valence-corrected chi connectivity index (χ2v) is 21.8. The van der Waals surface area contributed by atoms with Crippen molar-refractivity contribution in [3.05, 3.63) is 23.5 Å². The first kappa shape index (κ1) is 66.0. The maximum atomic E-state index is 13.0. The Labute approximate surface area is 435 Å². The van der Waals surface area contributed by atoms with Crippen molar-refractivity contribution in [2.24, 2.45) is 5.73 Å². The average molecular weight is 987 g/mol. The van der Waals surface area contributed by atoms with Crippen LogP contribution in [-0.2, 0) is 19.1 Å². The minimum Gasteiger partial charge on any atom is -0.462 e. The van der Waals surface area contributed by atoms with E-state index in [0.717, 1.165) is 141 Å². The molecule has 0 fully saturated rings. The summed E-state index contributed by atoms with van der Waals surface area (Å²) >= 11 is 0. The van der Waals surface area contributed by atoms with Crippen LogP contribution in [0.25, 0.3) is 0 Å². The van der Waals surface area contributed by atoms with E-state index in [2.05, 4.69) is 44.0 Å². The minimum absolute atomic E-state index is 0.0189. The molecular formula is C62H119N3O5. The Morgan fingerprint density at radius 2 is 0.929 bits per heavy atom. The molecule has 0 aromatic rings. The van der Waals surface area contributed by atoms with Crippen LogP contribution in [0.2, 0.25) is 0 Å². The second-order valence-electron chi connectivity index (χ2n) is 21.8. The largest absolute Gasteiger partial charge is 0.462 e. The van der Waals surface area contributed by atoms with Gasteiger partial charge in [-0.05, 0) is 116 Å². The van der Waals surface area contributed by atoms with E-state index >= 15 is 0 Å². The van der Waals surface area contributed by atoms with Crippen molar-refractivity contribution in [1.82, 2.24) is 10.2 Å². The molecule has 0 saturated heterocycles. The Morgan fingerprint density at radius 1 is 0.557 bits per heavy atom. The van der Waals surface area contributed by atoms with Gasteiger partial charge in [0.2, 0.25) is 0 Å². The van der Waals surface area contributed by atoms with Gasteiger partial charge in [0.1, 0.15) is 12.2 Å². The number of carbonyl (C=O) groups excluding carboxylic acids is 2. The summed E-state index contributed by atoms with van der Waals surface area (Å²) < 4.78 is 12.2. The van der Waals surface area contributed by atoms with Crippen molar-refractivity contribution in [2.75, 3.05) is 26.2 Å². The maximum Gasteiger partial charge on any atom is 0.306 e. The Morgan fingerprint density at radius 3 is 1.31 bits per heavy atom. The summed E-state index contributed by atoms with van der Waals surface area (Å²) in [5.74, 6) is 0.0377. The van der Waals surface area contributed by atoms with Gasteiger partial charge in [0.15, 0.2) is 0 Å². The number of ether oxygens (including phenoxy) is 2. The summed E-state index contributed by atoms with van der Waals surface area (Å²) in [6.07, 6.45) is 55.7. The minimum atomic E-state index is -0.171. The molecule has 412 valence electrons. The highest BCUT2D eigenvalue weighted by atomic mass is 16.5. The fraction of sp³-hybridized carbons (Fsp3) is 0.903. The number of aliphatic hydroxyl groups excluding tert-OH is 1. The highest BCUT2D eigenvalue weighted by molar-refractivity contribution is 5.69. The van der Waals surface area contributed by atoms with E-state index in [1.165, 1.54) is 173 Å². The SMILES string of the molecule is CCCCCCCCC(CCCCCCCC)OC(=O)CCCCCCCN(CCCCCCCC(=O)OC(CCCCCCCC)CCCCCCCC)CC/C(N)=C/NCCC1=CCC(O)CC1. The Balaban J connectivity index is 2.53. The fourth-order valence-corrected chi connectivity index (χ4v) is 10.1. The van der Waals surface area contributed by atoms with Crippen LogP contribution in [0.3, 0.4) is 0 Å². The molecule has 8 nitrogen and oxygen atoms in total. The van der Waals surface area contributed by atoms with Gasteiger partial charge < -0.3 is 30.5 Å². The van der Waals surface area contributed by atoms with Gasteiger partial charge in [0.25, 0.3) is 0 Å².